The Morgan fingerprint density at radius 3 is 1.60 bits per heavy atom. The highest BCUT2D eigenvalue weighted by Crippen LogP contribution is 2.43. The van der Waals surface area contributed by atoms with E-state index in [4.69, 9.17) is 9.97 Å². The topological polar surface area (TPSA) is 35.6 Å². The highest BCUT2D eigenvalue weighted by molar-refractivity contribution is 6.22. The summed E-state index contributed by atoms with van der Waals surface area (Å²) in [4.78, 5) is 10.7. The van der Waals surface area contributed by atoms with Gasteiger partial charge in [-0.1, -0.05) is 164 Å². The molecule has 0 unspecified atom stereocenters. The molecule has 58 heavy (non-hydrogen) atoms. The van der Waals surface area contributed by atoms with E-state index in [0.717, 1.165) is 49.8 Å². The van der Waals surface area contributed by atoms with E-state index in [9.17, 15) is 0 Å². The van der Waals surface area contributed by atoms with Gasteiger partial charge in [-0.05, 0) is 70.1 Å². The molecule has 0 saturated heterocycles. The van der Waals surface area contributed by atoms with E-state index in [1.807, 2.05) is 0 Å². The number of benzene rings is 9. The molecule has 270 valence electrons. The molecule has 12 aromatic rings. The van der Waals surface area contributed by atoms with Crippen LogP contribution in [-0.2, 0) is 0 Å². The number of hydrogen-bond donors (Lipinski definition) is 0. The largest absolute Gasteiger partial charge is 0.309 e. The minimum Gasteiger partial charge on any atom is -0.309 e. The predicted octanol–water partition coefficient (Wildman–Crippen LogP) is 14.0. The van der Waals surface area contributed by atoms with Crippen LogP contribution in [0, 0.1) is 0 Å². The molecule has 0 atom stereocenters. The van der Waals surface area contributed by atoms with Gasteiger partial charge in [0.05, 0.1) is 33.3 Å². The lowest BCUT2D eigenvalue weighted by Crippen LogP contribution is -2.03. The molecule has 0 spiro atoms. The summed E-state index contributed by atoms with van der Waals surface area (Å²) in [6.45, 7) is 0. The lowest BCUT2D eigenvalue weighted by molar-refractivity contribution is 1.01. The minimum atomic E-state index is 0.649. The third-order valence-corrected chi connectivity index (χ3v) is 11.7. The molecule has 9 aromatic carbocycles. The van der Waals surface area contributed by atoms with E-state index in [1.54, 1.807) is 0 Å². The molecular weight excluding hydrogens is 705 g/mol. The molecule has 4 nitrogen and oxygen atoms in total. The van der Waals surface area contributed by atoms with Crippen molar-refractivity contribution in [3.05, 3.63) is 206 Å². The molecule has 0 N–H and O–H groups in total. The Morgan fingerprint density at radius 1 is 0.310 bits per heavy atom. The van der Waals surface area contributed by atoms with Crippen molar-refractivity contribution in [2.75, 3.05) is 0 Å². The van der Waals surface area contributed by atoms with Crippen LogP contribution in [0.25, 0.3) is 110 Å². The number of para-hydroxylation sites is 4. The summed E-state index contributed by atoms with van der Waals surface area (Å²) in [5.74, 6) is 0.649. The standard InChI is InChI=1S/C54H34N4/c1-3-15-35(16-4-1)36-27-29-37(30-28-36)52-45-23-9-12-24-48(45)55-54(56-52)58-50-26-14-10-20-41(50)43-32-31-38(33-51(43)58)46-34-47-42-21-11-13-25-49(42)57(39-17-5-2-6-18-39)53(47)44-22-8-7-19-40(44)46/h1-34H. The SMILES string of the molecule is c1ccc(-c2ccc(-c3nc(-n4c5ccccc5c5ccc(-c6cc7c8ccccc8n(-c8ccccc8)c7c7ccccc67)cc54)nc4ccccc34)cc2)cc1. The van der Waals surface area contributed by atoms with Gasteiger partial charge in [0.1, 0.15) is 0 Å². The molecule has 0 saturated carbocycles. The lowest BCUT2D eigenvalue weighted by atomic mass is 9.94. The van der Waals surface area contributed by atoms with Crippen molar-refractivity contribution in [2.45, 2.75) is 0 Å². The van der Waals surface area contributed by atoms with E-state index in [0.29, 0.717) is 5.95 Å². The van der Waals surface area contributed by atoms with Gasteiger partial charge in [-0.25, -0.2) is 9.97 Å². The number of aromatic nitrogens is 4. The zero-order chi connectivity index (χ0) is 38.2. The minimum absolute atomic E-state index is 0.649. The van der Waals surface area contributed by atoms with Crippen LogP contribution >= 0.6 is 0 Å². The van der Waals surface area contributed by atoms with E-state index in [1.165, 1.54) is 54.7 Å². The smallest absolute Gasteiger partial charge is 0.235 e. The van der Waals surface area contributed by atoms with Crippen LogP contribution in [0.3, 0.4) is 0 Å². The molecule has 0 radical (unpaired) electrons. The van der Waals surface area contributed by atoms with Gasteiger partial charge in [-0.2, -0.15) is 0 Å². The summed E-state index contributed by atoms with van der Waals surface area (Å²) in [7, 11) is 0. The van der Waals surface area contributed by atoms with Crippen molar-refractivity contribution in [3.63, 3.8) is 0 Å². The van der Waals surface area contributed by atoms with Crippen LogP contribution in [0.4, 0.5) is 0 Å². The highest BCUT2D eigenvalue weighted by atomic mass is 15.2. The maximum atomic E-state index is 5.42. The fraction of sp³-hybridized carbons (Fsp3) is 0. The van der Waals surface area contributed by atoms with E-state index in [2.05, 4.69) is 215 Å². The number of hydrogen-bond acceptors (Lipinski definition) is 2. The third kappa shape index (κ3) is 4.95. The van der Waals surface area contributed by atoms with Crippen LogP contribution in [0.5, 0.6) is 0 Å². The van der Waals surface area contributed by atoms with Crippen LogP contribution in [0.1, 0.15) is 0 Å². The molecule has 0 bridgehead atoms. The summed E-state index contributed by atoms with van der Waals surface area (Å²) < 4.78 is 4.67. The fourth-order valence-corrected chi connectivity index (χ4v) is 9.10. The maximum absolute atomic E-state index is 5.42. The average molecular weight is 739 g/mol. The zero-order valence-electron chi connectivity index (χ0n) is 31.4. The molecular formula is C54H34N4. The molecule has 3 aromatic heterocycles. The second-order valence-corrected chi connectivity index (χ2v) is 15.0. The first-order valence-corrected chi connectivity index (χ1v) is 19.8. The van der Waals surface area contributed by atoms with Crippen molar-refractivity contribution >= 4 is 65.3 Å². The first-order valence-electron chi connectivity index (χ1n) is 19.8. The maximum Gasteiger partial charge on any atom is 0.235 e. The summed E-state index contributed by atoms with van der Waals surface area (Å²) in [5, 5.41) is 8.25. The quantitative estimate of drug-likeness (QED) is 0.176. The summed E-state index contributed by atoms with van der Waals surface area (Å²) in [6.07, 6.45) is 0. The Hall–Kier alpha value is -7.82. The molecule has 3 heterocycles. The Balaban J connectivity index is 1.10. The Morgan fingerprint density at radius 2 is 0.845 bits per heavy atom. The predicted molar refractivity (Wildman–Crippen MR) is 242 cm³/mol. The Kier molecular flexibility index (Phi) is 7.20. The van der Waals surface area contributed by atoms with Crippen molar-refractivity contribution in [2.24, 2.45) is 0 Å². The number of rotatable bonds is 5. The lowest BCUT2D eigenvalue weighted by Gasteiger charge is -2.14. The van der Waals surface area contributed by atoms with Gasteiger partial charge in [-0.15, -0.1) is 0 Å². The molecule has 4 heteroatoms. The third-order valence-electron chi connectivity index (χ3n) is 11.7. The van der Waals surface area contributed by atoms with E-state index < -0.39 is 0 Å². The fourth-order valence-electron chi connectivity index (χ4n) is 9.10. The monoisotopic (exact) mass is 738 g/mol. The van der Waals surface area contributed by atoms with Crippen LogP contribution in [0.15, 0.2) is 206 Å². The zero-order valence-corrected chi connectivity index (χ0v) is 31.4. The van der Waals surface area contributed by atoms with E-state index >= 15 is 0 Å². The number of fused-ring (bicyclic) bond motifs is 9. The van der Waals surface area contributed by atoms with Crippen molar-refractivity contribution < 1.29 is 0 Å². The average Bonchev–Trinajstić information content (AvgIpc) is 3.82. The van der Waals surface area contributed by atoms with Gasteiger partial charge < -0.3 is 4.57 Å². The normalized spacial score (nSPS) is 11.8. The Labute approximate surface area is 334 Å². The van der Waals surface area contributed by atoms with E-state index in [-0.39, 0.29) is 0 Å². The van der Waals surface area contributed by atoms with Crippen LogP contribution < -0.4 is 0 Å². The summed E-state index contributed by atoms with van der Waals surface area (Å²) in [6, 6.07) is 73.8. The second-order valence-electron chi connectivity index (χ2n) is 15.0. The van der Waals surface area contributed by atoms with Gasteiger partial charge in [0.15, 0.2) is 0 Å². The van der Waals surface area contributed by atoms with Gasteiger partial charge >= 0.3 is 0 Å². The van der Waals surface area contributed by atoms with Gasteiger partial charge in [-0.3, -0.25) is 4.57 Å². The molecule has 0 aliphatic heterocycles. The first-order chi connectivity index (χ1) is 28.8. The molecule has 0 aliphatic carbocycles. The van der Waals surface area contributed by atoms with Gasteiger partial charge in [0.25, 0.3) is 0 Å². The van der Waals surface area contributed by atoms with Crippen molar-refractivity contribution in [1.82, 2.24) is 19.1 Å². The first kappa shape index (κ1) is 32.4. The molecule has 0 amide bonds. The molecule has 12 rings (SSSR count). The van der Waals surface area contributed by atoms with Gasteiger partial charge in [0.2, 0.25) is 5.95 Å². The summed E-state index contributed by atoms with van der Waals surface area (Å²) >= 11 is 0. The van der Waals surface area contributed by atoms with Crippen molar-refractivity contribution in [1.29, 1.82) is 0 Å². The Bertz CT molecular complexity index is 3540. The van der Waals surface area contributed by atoms with Crippen molar-refractivity contribution in [3.8, 4) is 45.1 Å². The van der Waals surface area contributed by atoms with Crippen LogP contribution in [-0.4, -0.2) is 19.1 Å². The second kappa shape index (κ2) is 12.9. The highest BCUT2D eigenvalue weighted by Gasteiger charge is 2.21. The summed E-state index contributed by atoms with van der Waals surface area (Å²) in [5.41, 5.74) is 13.3. The molecule has 0 fully saturated rings. The van der Waals surface area contributed by atoms with Gasteiger partial charge in [0, 0.05) is 43.6 Å². The molecule has 0 aliphatic rings. The number of nitrogens with zero attached hydrogens (tertiary/aromatic N) is 4. The van der Waals surface area contributed by atoms with Crippen LogP contribution in [0.2, 0.25) is 0 Å².